The van der Waals surface area contributed by atoms with Crippen molar-refractivity contribution in [3.63, 3.8) is 0 Å². The number of rotatable bonds is 8. The lowest BCUT2D eigenvalue weighted by atomic mass is 9.83. The van der Waals surface area contributed by atoms with Crippen molar-refractivity contribution in [3.8, 4) is 67.5 Å². The van der Waals surface area contributed by atoms with E-state index in [1.807, 2.05) is 38.1 Å². The van der Waals surface area contributed by atoms with Crippen molar-refractivity contribution in [1.29, 1.82) is 0 Å². The van der Waals surface area contributed by atoms with Gasteiger partial charge in [-0.15, -0.1) is 0 Å². The fraction of sp³-hybridized carbons (Fsp3) is 0.311. The molecule has 2 heterocycles. The van der Waals surface area contributed by atoms with Crippen LogP contribution in [-0.4, -0.2) is 19.6 Å². The monoisotopic (exact) mass is 863 g/mol. The molecule has 4 heteroatoms. The van der Waals surface area contributed by atoms with Crippen molar-refractivity contribution in [2.24, 2.45) is 0 Å². The number of aryl methyl sites for hydroxylation is 1. The van der Waals surface area contributed by atoms with E-state index in [2.05, 4.69) is 152 Å². The van der Waals surface area contributed by atoms with Crippen LogP contribution in [-0.2, 0) is 16.2 Å². The van der Waals surface area contributed by atoms with E-state index in [4.69, 9.17) is 14.1 Å². The topological polar surface area (TPSA) is 50.9 Å². The Labute approximate surface area is 395 Å². The highest BCUT2D eigenvalue weighted by Crippen LogP contribution is 2.45. The van der Waals surface area contributed by atoms with Gasteiger partial charge in [-0.25, -0.2) is 4.98 Å². The third-order valence-corrected chi connectivity index (χ3v) is 12.7. The van der Waals surface area contributed by atoms with Crippen LogP contribution in [0.3, 0.4) is 0 Å². The van der Waals surface area contributed by atoms with E-state index in [1.165, 1.54) is 11.1 Å². The molecule has 0 atom stereocenters. The van der Waals surface area contributed by atoms with Gasteiger partial charge >= 0.3 is 0 Å². The van der Waals surface area contributed by atoms with Crippen LogP contribution in [0.25, 0.3) is 72.7 Å². The third-order valence-electron chi connectivity index (χ3n) is 12.7. The lowest BCUT2D eigenvalue weighted by molar-refractivity contribution is 0.466. The zero-order valence-corrected chi connectivity index (χ0v) is 40.5. The highest BCUT2D eigenvalue weighted by molar-refractivity contribution is 5.98. The number of aromatic hydroxyl groups is 1. The number of benzene rings is 6. The lowest BCUT2D eigenvalue weighted by Crippen LogP contribution is -2.12. The Bertz CT molecular complexity index is 3250. The smallest absolute Gasteiger partial charge is 0.149 e. The maximum absolute atomic E-state index is 12.5. The number of pyridine rings is 1. The van der Waals surface area contributed by atoms with Gasteiger partial charge in [-0.05, 0) is 133 Å². The minimum Gasteiger partial charge on any atom is -0.507 e. The van der Waals surface area contributed by atoms with Gasteiger partial charge in [0.15, 0.2) is 0 Å². The van der Waals surface area contributed by atoms with Gasteiger partial charge in [0.25, 0.3) is 0 Å². The molecule has 2 aromatic heterocycles. The van der Waals surface area contributed by atoms with Crippen LogP contribution in [0, 0.1) is 6.85 Å². The van der Waals surface area contributed by atoms with E-state index in [0.717, 1.165) is 66.9 Å². The van der Waals surface area contributed by atoms with Crippen molar-refractivity contribution in [1.82, 2.24) is 14.5 Å². The first-order chi connectivity index (χ1) is 32.4. The number of phenolic OH excluding ortho intramolecular Hbond substituents is 1. The molecule has 0 bridgehead atoms. The zero-order valence-electron chi connectivity index (χ0n) is 45.5. The van der Waals surface area contributed by atoms with Gasteiger partial charge in [-0.2, -0.15) is 0 Å². The van der Waals surface area contributed by atoms with E-state index in [9.17, 15) is 7.85 Å². The number of hydrogen-bond acceptors (Lipinski definition) is 3. The molecular weight excluding hydrogens is 791 g/mol. The van der Waals surface area contributed by atoms with Crippen LogP contribution in [0.4, 0.5) is 0 Å². The molecule has 8 rings (SSSR count). The Balaban J connectivity index is 1.44. The summed E-state index contributed by atoms with van der Waals surface area (Å²) in [5.74, 6) is -1.77. The standard InChI is InChI=1S/C61H67N3O/c1-37(2)43-33-50(38(3)4)57(65)52(34-43)58-63-56-49(44-30-45(32-48(31-44)61(12,13)14)53-35-42(28-29-62-53)40-20-18-39(5)19-21-40)16-15-17-55(56)64(58)54-27-26-47(60(9,10)11)36-51(54)41-22-24-46(25-23-41)59(6,7)8/h15-38,65H,1-14H3/i5D3,37D,38D. The Kier molecular flexibility index (Phi) is 10.2. The number of para-hydroxylation sites is 1. The van der Waals surface area contributed by atoms with Gasteiger partial charge in [0.1, 0.15) is 11.6 Å². The summed E-state index contributed by atoms with van der Waals surface area (Å²) in [6.45, 7) is 24.9. The second-order valence-electron chi connectivity index (χ2n) is 21.2. The molecule has 4 nitrogen and oxygen atoms in total. The number of imidazole rings is 1. The maximum Gasteiger partial charge on any atom is 0.149 e. The molecule has 6 aromatic carbocycles. The van der Waals surface area contributed by atoms with E-state index in [-0.39, 0.29) is 22.0 Å². The van der Waals surface area contributed by atoms with E-state index in [1.54, 1.807) is 38.2 Å². The fourth-order valence-corrected chi connectivity index (χ4v) is 8.60. The third kappa shape index (κ3) is 9.06. The molecule has 332 valence electrons. The van der Waals surface area contributed by atoms with E-state index >= 15 is 0 Å². The van der Waals surface area contributed by atoms with Gasteiger partial charge in [0.2, 0.25) is 0 Å². The second kappa shape index (κ2) is 16.9. The van der Waals surface area contributed by atoms with Gasteiger partial charge in [0.05, 0.1) is 28.0 Å². The van der Waals surface area contributed by atoms with Crippen LogP contribution < -0.4 is 0 Å². The van der Waals surface area contributed by atoms with Crippen molar-refractivity contribution in [2.45, 2.75) is 125 Å². The first kappa shape index (κ1) is 39.1. The first-order valence-corrected chi connectivity index (χ1v) is 22.8. The van der Waals surface area contributed by atoms with E-state index < -0.39 is 18.6 Å². The molecule has 65 heavy (non-hydrogen) atoms. The van der Waals surface area contributed by atoms with Crippen LogP contribution >= 0.6 is 0 Å². The number of fused-ring (bicyclic) bond motifs is 1. The minimum absolute atomic E-state index is 0.0333. The largest absolute Gasteiger partial charge is 0.507 e. The second-order valence-corrected chi connectivity index (χ2v) is 21.2. The molecule has 8 aromatic rings. The van der Waals surface area contributed by atoms with Crippen molar-refractivity contribution in [2.75, 3.05) is 0 Å². The Hall–Kier alpha value is -6.26. The van der Waals surface area contributed by atoms with Gasteiger partial charge in [-0.1, -0.05) is 174 Å². The normalized spacial score (nSPS) is 14.1. The molecule has 0 saturated carbocycles. The molecule has 1 N–H and O–H groups in total. The number of phenols is 1. The molecule has 0 unspecified atom stereocenters. The molecule has 0 amide bonds. The van der Waals surface area contributed by atoms with Crippen LogP contribution in [0.15, 0.2) is 134 Å². The van der Waals surface area contributed by atoms with E-state index in [0.29, 0.717) is 28.1 Å². The van der Waals surface area contributed by atoms with Crippen molar-refractivity contribution < 1.29 is 12.0 Å². The zero-order chi connectivity index (χ0) is 51.1. The average Bonchev–Trinajstić information content (AvgIpc) is 3.66. The molecule has 0 fully saturated rings. The fourth-order valence-electron chi connectivity index (χ4n) is 8.60. The lowest BCUT2D eigenvalue weighted by Gasteiger charge is -2.24. The molecule has 0 radical (unpaired) electrons. The number of nitrogens with zero attached hydrogens (tertiary/aromatic N) is 3. The maximum atomic E-state index is 12.5. The quantitative estimate of drug-likeness (QED) is 0.166. The molecule has 0 aliphatic rings. The highest BCUT2D eigenvalue weighted by Gasteiger charge is 2.27. The van der Waals surface area contributed by atoms with Crippen LogP contribution in [0.2, 0.25) is 0 Å². The average molecular weight is 863 g/mol. The molecule has 0 spiro atoms. The summed E-state index contributed by atoms with van der Waals surface area (Å²) in [7, 11) is 0. The molecular formula is C61H67N3O. The summed E-state index contributed by atoms with van der Waals surface area (Å²) < 4.78 is 44.2. The Morgan fingerprint density at radius 2 is 1.20 bits per heavy atom. The summed E-state index contributed by atoms with van der Waals surface area (Å²) in [6, 6.07) is 43.0. The van der Waals surface area contributed by atoms with Gasteiger partial charge in [-0.3, -0.25) is 9.55 Å². The molecule has 0 saturated heterocycles. The van der Waals surface area contributed by atoms with Crippen LogP contribution in [0.5, 0.6) is 5.75 Å². The summed E-state index contributed by atoms with van der Waals surface area (Å²) in [6.07, 6.45) is 1.80. The first-order valence-electron chi connectivity index (χ1n) is 25.3. The van der Waals surface area contributed by atoms with Crippen molar-refractivity contribution in [3.05, 3.63) is 167 Å². The summed E-state index contributed by atoms with van der Waals surface area (Å²) in [4.78, 5) is 10.5. The number of hydrogen-bond donors (Lipinski definition) is 1. The molecule has 0 aliphatic heterocycles. The van der Waals surface area contributed by atoms with Crippen LogP contribution in [0.1, 0.15) is 142 Å². The number of aromatic nitrogens is 3. The summed E-state index contributed by atoms with van der Waals surface area (Å²) in [5.41, 5.74) is 14.7. The van der Waals surface area contributed by atoms with Gasteiger partial charge < -0.3 is 5.11 Å². The minimum atomic E-state index is -2.19. The summed E-state index contributed by atoms with van der Waals surface area (Å²) in [5, 5.41) is 12.5. The SMILES string of the molecule is [2H]C([2H])([2H])c1ccc(-c2ccnc(-c3cc(-c4cccc5c4nc(-c4cc(C([2H])(C)C)cc(C([2H])(C)C)c4O)n5-c4ccc(C(C)(C)C)cc4-c4ccc(C(C)(C)C)cc4)cc(C(C)(C)C)c3)c2)cc1. The highest BCUT2D eigenvalue weighted by atomic mass is 16.3. The predicted molar refractivity (Wildman–Crippen MR) is 277 cm³/mol. The Morgan fingerprint density at radius 3 is 1.83 bits per heavy atom. The Morgan fingerprint density at radius 1 is 0.554 bits per heavy atom. The van der Waals surface area contributed by atoms with Crippen molar-refractivity contribution >= 4 is 11.0 Å². The summed E-state index contributed by atoms with van der Waals surface area (Å²) >= 11 is 0. The van der Waals surface area contributed by atoms with Gasteiger partial charge in [0, 0.05) is 29.7 Å². The molecule has 0 aliphatic carbocycles. The predicted octanol–water partition coefficient (Wildman–Crippen LogP) is 16.9.